The monoisotopic (exact) mass is 573 g/mol. The third kappa shape index (κ3) is 7.22. The maximum absolute atomic E-state index is 12.3. The first-order valence-electron chi connectivity index (χ1n) is 11.0. The third-order valence-electron chi connectivity index (χ3n) is 6.02. The van der Waals surface area contributed by atoms with Crippen LogP contribution in [-0.2, 0) is 36.7 Å². The van der Waals surface area contributed by atoms with Crippen LogP contribution in [0, 0.1) is 6.92 Å². The van der Waals surface area contributed by atoms with Crippen LogP contribution in [0.1, 0.15) is 38.5 Å². The topological polar surface area (TPSA) is 243 Å². The first-order chi connectivity index (χ1) is 17.1. The molecule has 0 bridgehead atoms. The maximum Gasteiger partial charge on any atom is 0.330 e. The highest BCUT2D eigenvalue weighted by Gasteiger charge is 2.47. The van der Waals surface area contributed by atoms with Crippen molar-refractivity contribution in [2.45, 2.75) is 76.1 Å². The number of hydrogen-bond donors (Lipinski definition) is 4. The molecule has 3 rings (SSSR count). The molecular formula is C18H29N3O14P2-2. The van der Waals surface area contributed by atoms with E-state index in [4.69, 9.17) is 18.7 Å². The molecule has 2 saturated heterocycles. The molecule has 3 heterocycles. The standard InChI is InChI=1S/C18H31N3O14P2/c1-9-7-21(17(24)19-16(9)23)13-5-11(22)12(33-13)8-31-36(26,27)35-37(28,29)34-14-6-18(3,20-25)15(30-4)10(2)32-14/h7,10-15,20,22,25H,5-6,8H2,1-4H3,(H,26,27)(H,28,29)(H,19,23,24)/p-2/t10-,11-,12+,13+,14+,15-,18-/m0/s1. The van der Waals surface area contributed by atoms with Crippen LogP contribution < -0.4 is 26.5 Å². The molecular weight excluding hydrogens is 544 g/mol. The minimum atomic E-state index is -5.57. The number of rotatable bonds is 10. The molecule has 2 fully saturated rings. The number of phosphoric ester groups is 2. The fourth-order valence-electron chi connectivity index (χ4n) is 4.27. The van der Waals surface area contributed by atoms with Gasteiger partial charge in [0.05, 0.1) is 24.4 Å². The molecule has 2 aliphatic rings. The highest BCUT2D eigenvalue weighted by molar-refractivity contribution is 7.59. The van der Waals surface area contributed by atoms with Crippen molar-refractivity contribution in [3.63, 3.8) is 0 Å². The fraction of sp³-hybridized carbons (Fsp3) is 0.778. The highest BCUT2D eigenvalue weighted by Crippen LogP contribution is 2.57. The van der Waals surface area contributed by atoms with Gasteiger partial charge >= 0.3 is 5.69 Å². The summed E-state index contributed by atoms with van der Waals surface area (Å²) in [7, 11) is -9.76. The van der Waals surface area contributed by atoms with Crippen LogP contribution in [-0.4, -0.2) is 69.8 Å². The van der Waals surface area contributed by atoms with Gasteiger partial charge in [-0.05, 0) is 20.8 Å². The molecule has 37 heavy (non-hydrogen) atoms. The van der Waals surface area contributed by atoms with E-state index in [1.807, 2.05) is 5.48 Å². The number of aliphatic hydroxyl groups excluding tert-OH is 1. The van der Waals surface area contributed by atoms with Crippen molar-refractivity contribution in [3.05, 3.63) is 32.6 Å². The first kappa shape index (κ1) is 30.2. The molecule has 0 aliphatic carbocycles. The summed E-state index contributed by atoms with van der Waals surface area (Å²) in [4.78, 5) is 50.1. The minimum absolute atomic E-state index is 0.149. The van der Waals surface area contributed by atoms with Crippen molar-refractivity contribution in [2.75, 3.05) is 13.7 Å². The van der Waals surface area contributed by atoms with E-state index in [0.29, 0.717) is 0 Å². The van der Waals surface area contributed by atoms with Gasteiger partial charge in [-0.2, -0.15) is 5.48 Å². The van der Waals surface area contributed by atoms with Crippen LogP contribution in [0.15, 0.2) is 15.8 Å². The van der Waals surface area contributed by atoms with E-state index in [1.54, 1.807) is 0 Å². The molecule has 0 radical (unpaired) electrons. The fourth-order valence-corrected chi connectivity index (χ4v) is 6.34. The van der Waals surface area contributed by atoms with Crippen LogP contribution in [0.4, 0.5) is 0 Å². The van der Waals surface area contributed by atoms with Crippen molar-refractivity contribution in [2.24, 2.45) is 0 Å². The molecule has 4 N–H and O–H groups in total. The second-order valence-electron chi connectivity index (χ2n) is 8.95. The number of aliphatic hydroxyl groups is 1. The van der Waals surface area contributed by atoms with Crippen molar-refractivity contribution in [1.82, 2.24) is 15.0 Å². The molecule has 2 aliphatic heterocycles. The lowest BCUT2D eigenvalue weighted by Gasteiger charge is -2.46. The van der Waals surface area contributed by atoms with Crippen molar-refractivity contribution >= 4 is 15.6 Å². The number of methoxy groups -OCH3 is 1. The Morgan fingerprint density at radius 1 is 1.30 bits per heavy atom. The normalized spacial score (nSPS) is 35.7. The van der Waals surface area contributed by atoms with Crippen molar-refractivity contribution in [3.8, 4) is 0 Å². The molecule has 1 aromatic heterocycles. The molecule has 17 nitrogen and oxygen atoms in total. The smallest absolute Gasteiger partial charge is 0.330 e. The SMILES string of the molecule is CO[C@H]1[C@H](C)O[C@H](OP(=O)([O-])OP(=O)([O-])OC[C@H]2O[C@@H](n3cc(C)c(=O)[nH]c3=O)C[C@@H]2O)C[C@]1(C)NO. The van der Waals surface area contributed by atoms with Gasteiger partial charge in [-0.3, -0.25) is 28.0 Å². The van der Waals surface area contributed by atoms with E-state index >= 15 is 0 Å². The Bertz CT molecular complexity index is 1180. The highest BCUT2D eigenvalue weighted by atomic mass is 31.3. The Morgan fingerprint density at radius 3 is 2.59 bits per heavy atom. The lowest BCUT2D eigenvalue weighted by molar-refractivity contribution is -0.277. The lowest BCUT2D eigenvalue weighted by atomic mass is 9.86. The number of aromatic amines is 1. The van der Waals surface area contributed by atoms with Crippen LogP contribution in [0.25, 0.3) is 0 Å². The van der Waals surface area contributed by atoms with E-state index in [9.17, 15) is 38.8 Å². The molecule has 19 heteroatoms. The zero-order valence-electron chi connectivity index (χ0n) is 20.3. The summed E-state index contributed by atoms with van der Waals surface area (Å²) in [5.74, 6) is 0. The Balaban J connectivity index is 1.59. The van der Waals surface area contributed by atoms with E-state index in [0.717, 1.165) is 4.57 Å². The number of ether oxygens (including phenoxy) is 3. The van der Waals surface area contributed by atoms with Crippen LogP contribution in [0.5, 0.6) is 0 Å². The van der Waals surface area contributed by atoms with Gasteiger partial charge in [0.15, 0.2) is 6.29 Å². The third-order valence-corrected chi connectivity index (χ3v) is 8.58. The molecule has 0 amide bonds. The number of nitrogens with zero attached hydrogens (tertiary/aromatic N) is 1. The predicted molar refractivity (Wildman–Crippen MR) is 117 cm³/mol. The van der Waals surface area contributed by atoms with E-state index < -0.39 is 76.0 Å². The van der Waals surface area contributed by atoms with Gasteiger partial charge < -0.3 is 38.8 Å². The van der Waals surface area contributed by atoms with E-state index in [2.05, 4.69) is 13.8 Å². The summed E-state index contributed by atoms with van der Waals surface area (Å²) < 4.78 is 54.9. The molecule has 0 saturated carbocycles. The van der Waals surface area contributed by atoms with Gasteiger partial charge in [-0.15, -0.1) is 0 Å². The summed E-state index contributed by atoms with van der Waals surface area (Å²) >= 11 is 0. The summed E-state index contributed by atoms with van der Waals surface area (Å²) in [6.07, 6.45) is -5.83. The average molecular weight is 573 g/mol. The Labute approximate surface area is 210 Å². The number of H-pyrrole nitrogens is 1. The number of phosphoric acid groups is 2. The second kappa shape index (κ2) is 11.4. The number of aromatic nitrogens is 2. The molecule has 0 aromatic carbocycles. The van der Waals surface area contributed by atoms with Gasteiger partial charge in [-0.1, -0.05) is 0 Å². The molecule has 212 valence electrons. The number of aryl methyl sites for hydroxylation is 1. The summed E-state index contributed by atoms with van der Waals surface area (Å²) in [5, 5.41) is 19.7. The van der Waals surface area contributed by atoms with Crippen LogP contribution >= 0.6 is 15.6 Å². The largest absolute Gasteiger partial charge is 0.756 e. The van der Waals surface area contributed by atoms with Crippen molar-refractivity contribution in [1.29, 1.82) is 0 Å². The molecule has 9 atom stereocenters. The Kier molecular flexibility index (Phi) is 9.35. The predicted octanol–water partition coefficient (Wildman–Crippen LogP) is -1.63. The molecule has 1 aromatic rings. The van der Waals surface area contributed by atoms with Crippen molar-refractivity contribution < 1.29 is 56.8 Å². The average Bonchev–Trinajstić information content (AvgIpc) is 3.14. The number of hydroxylamine groups is 1. The quantitative estimate of drug-likeness (QED) is 0.181. The maximum atomic E-state index is 12.3. The lowest BCUT2D eigenvalue weighted by Crippen LogP contribution is -2.62. The number of hydrogen-bond acceptors (Lipinski definition) is 15. The van der Waals surface area contributed by atoms with Gasteiger partial charge in [0.1, 0.15) is 18.4 Å². The number of nitrogens with one attached hydrogen (secondary N) is 2. The summed E-state index contributed by atoms with van der Waals surface area (Å²) in [6, 6.07) is 0. The van der Waals surface area contributed by atoms with Gasteiger partial charge in [0.25, 0.3) is 21.2 Å². The van der Waals surface area contributed by atoms with E-state index in [1.165, 1.54) is 34.1 Å². The first-order valence-corrected chi connectivity index (χ1v) is 13.9. The molecule has 0 spiro atoms. The van der Waals surface area contributed by atoms with Gasteiger partial charge in [0, 0.05) is 31.7 Å². The molecule has 2 unspecified atom stereocenters. The second-order valence-corrected chi connectivity index (χ2v) is 11.9. The Hall–Kier alpha value is -1.30. The van der Waals surface area contributed by atoms with E-state index in [-0.39, 0.29) is 18.4 Å². The summed E-state index contributed by atoms with van der Waals surface area (Å²) in [5.41, 5.74) is -0.386. The minimum Gasteiger partial charge on any atom is -0.756 e. The van der Waals surface area contributed by atoms with Gasteiger partial charge in [-0.25, -0.2) is 9.11 Å². The van der Waals surface area contributed by atoms with Crippen LogP contribution in [0.3, 0.4) is 0 Å². The van der Waals surface area contributed by atoms with Crippen LogP contribution in [0.2, 0.25) is 0 Å². The summed E-state index contributed by atoms with van der Waals surface area (Å²) in [6.45, 7) is 3.64. The van der Waals surface area contributed by atoms with Gasteiger partial charge in [0.2, 0.25) is 0 Å². The zero-order valence-corrected chi connectivity index (χ0v) is 22.1. The zero-order chi connectivity index (χ0) is 27.8. The Morgan fingerprint density at radius 2 is 1.97 bits per heavy atom.